The molecule has 9 heteroatoms. The van der Waals surface area contributed by atoms with Crippen molar-refractivity contribution in [1.29, 1.82) is 0 Å². The zero-order chi connectivity index (χ0) is 24.5. The molecule has 3 rings (SSSR count). The maximum Gasteiger partial charge on any atom is 0.251 e. The molecule has 1 heterocycles. The molecule has 1 unspecified atom stereocenters. The van der Waals surface area contributed by atoms with Gasteiger partial charge in [0.15, 0.2) is 11.0 Å². The second-order valence-corrected chi connectivity index (χ2v) is 8.81. The number of hydrogen-bond donors (Lipinski definition) is 2. The van der Waals surface area contributed by atoms with Gasteiger partial charge in [-0.05, 0) is 42.3 Å². The predicted molar refractivity (Wildman–Crippen MR) is 134 cm³/mol. The van der Waals surface area contributed by atoms with Crippen molar-refractivity contribution in [2.45, 2.75) is 31.6 Å². The summed E-state index contributed by atoms with van der Waals surface area (Å²) in [5.74, 6) is 1.22. The zero-order valence-corrected chi connectivity index (χ0v) is 20.3. The molecule has 2 aromatic carbocycles. The van der Waals surface area contributed by atoms with Crippen molar-refractivity contribution in [2.24, 2.45) is 5.92 Å². The molecule has 0 saturated carbocycles. The number of rotatable bonds is 11. The van der Waals surface area contributed by atoms with Gasteiger partial charge >= 0.3 is 0 Å². The third-order valence-electron chi connectivity index (χ3n) is 5.03. The second kappa shape index (κ2) is 12.0. The average Bonchev–Trinajstić information content (AvgIpc) is 3.24. The third kappa shape index (κ3) is 6.48. The molecule has 178 valence electrons. The number of allylic oxidation sites excluding steroid dienone is 1. The van der Waals surface area contributed by atoms with Gasteiger partial charge in [-0.1, -0.05) is 49.9 Å². The van der Waals surface area contributed by atoms with Crippen LogP contribution in [0.2, 0.25) is 0 Å². The fraction of sp³-hybridized carbons (Fsp3) is 0.280. The average molecular weight is 480 g/mol. The highest BCUT2D eigenvalue weighted by atomic mass is 32.2. The number of ether oxygens (including phenoxy) is 1. The molecular weight excluding hydrogens is 450 g/mol. The Kier molecular flexibility index (Phi) is 8.86. The monoisotopic (exact) mass is 479 g/mol. The summed E-state index contributed by atoms with van der Waals surface area (Å²) in [6.45, 7) is 8.31. The number of methoxy groups -OCH3 is 1. The Hall–Kier alpha value is -3.59. The number of carbonyl (C=O) groups is 2. The van der Waals surface area contributed by atoms with E-state index in [4.69, 9.17) is 4.74 Å². The number of benzene rings is 2. The van der Waals surface area contributed by atoms with Crippen molar-refractivity contribution >= 4 is 29.3 Å². The summed E-state index contributed by atoms with van der Waals surface area (Å²) in [7, 11) is 1.59. The Morgan fingerprint density at radius 3 is 2.44 bits per heavy atom. The standard InChI is InChI=1S/C25H29N5O3S/c1-5-15-30-23(22(17(2)3)27-24(32)18-9-7-6-8-10-18)28-29-25(30)34-16-21(31)26-19-11-13-20(33-4)14-12-19/h5-14,17,22H,1,15-16H2,2-4H3,(H,26,31)(H,27,32). The molecule has 2 N–H and O–H groups in total. The second-order valence-electron chi connectivity index (χ2n) is 7.87. The summed E-state index contributed by atoms with van der Waals surface area (Å²) in [4.78, 5) is 25.2. The Morgan fingerprint density at radius 1 is 1.12 bits per heavy atom. The van der Waals surface area contributed by atoms with Crippen molar-refractivity contribution in [3.8, 4) is 5.75 Å². The topological polar surface area (TPSA) is 98.1 Å². The number of amides is 2. The van der Waals surface area contributed by atoms with Crippen LogP contribution in [0.4, 0.5) is 5.69 Å². The Balaban J connectivity index is 1.72. The van der Waals surface area contributed by atoms with Crippen molar-refractivity contribution in [3.63, 3.8) is 0 Å². The Labute approximate surface area is 203 Å². The van der Waals surface area contributed by atoms with Gasteiger partial charge in [0, 0.05) is 17.8 Å². The van der Waals surface area contributed by atoms with E-state index in [1.165, 1.54) is 11.8 Å². The highest BCUT2D eigenvalue weighted by Crippen LogP contribution is 2.26. The van der Waals surface area contributed by atoms with Gasteiger partial charge < -0.3 is 19.9 Å². The molecule has 0 aliphatic carbocycles. The fourth-order valence-corrected chi connectivity index (χ4v) is 4.04. The van der Waals surface area contributed by atoms with Crippen LogP contribution in [0.25, 0.3) is 0 Å². The van der Waals surface area contributed by atoms with E-state index in [1.807, 2.05) is 36.6 Å². The summed E-state index contributed by atoms with van der Waals surface area (Å²) in [6, 6.07) is 15.8. The molecule has 0 fully saturated rings. The largest absolute Gasteiger partial charge is 0.497 e. The molecule has 0 aliphatic rings. The first kappa shape index (κ1) is 25.0. The quantitative estimate of drug-likeness (QED) is 0.314. The minimum absolute atomic E-state index is 0.0663. The summed E-state index contributed by atoms with van der Waals surface area (Å²) < 4.78 is 7.02. The van der Waals surface area contributed by atoms with E-state index in [2.05, 4.69) is 27.4 Å². The first-order valence-corrected chi connectivity index (χ1v) is 11.9. The Morgan fingerprint density at radius 2 is 1.82 bits per heavy atom. The highest BCUT2D eigenvalue weighted by Gasteiger charge is 2.26. The maximum absolute atomic E-state index is 12.8. The maximum atomic E-state index is 12.8. The minimum atomic E-state index is -0.359. The number of anilines is 1. The van der Waals surface area contributed by atoms with Crippen molar-refractivity contribution < 1.29 is 14.3 Å². The van der Waals surface area contributed by atoms with Gasteiger partial charge in [-0.15, -0.1) is 16.8 Å². The molecule has 34 heavy (non-hydrogen) atoms. The normalized spacial score (nSPS) is 11.6. The smallest absolute Gasteiger partial charge is 0.251 e. The van der Waals surface area contributed by atoms with Crippen LogP contribution < -0.4 is 15.4 Å². The molecule has 0 aliphatic heterocycles. The molecule has 0 bridgehead atoms. The summed E-state index contributed by atoms with van der Waals surface area (Å²) in [5.41, 5.74) is 1.26. The lowest BCUT2D eigenvalue weighted by Gasteiger charge is -2.22. The van der Waals surface area contributed by atoms with E-state index in [1.54, 1.807) is 49.6 Å². The molecule has 2 amide bonds. The molecule has 3 aromatic rings. The first-order valence-electron chi connectivity index (χ1n) is 10.9. The van der Waals surface area contributed by atoms with E-state index >= 15 is 0 Å². The number of nitrogens with one attached hydrogen (secondary N) is 2. The number of aromatic nitrogens is 3. The first-order chi connectivity index (χ1) is 16.4. The van der Waals surface area contributed by atoms with E-state index < -0.39 is 0 Å². The fourth-order valence-electron chi connectivity index (χ4n) is 3.28. The summed E-state index contributed by atoms with van der Waals surface area (Å²) >= 11 is 1.28. The number of carbonyl (C=O) groups excluding carboxylic acids is 2. The lowest BCUT2D eigenvalue weighted by molar-refractivity contribution is -0.113. The molecular formula is C25H29N5O3S. The third-order valence-corrected chi connectivity index (χ3v) is 6.00. The van der Waals surface area contributed by atoms with Crippen LogP contribution in [0.3, 0.4) is 0 Å². The van der Waals surface area contributed by atoms with Crippen LogP contribution in [-0.2, 0) is 11.3 Å². The van der Waals surface area contributed by atoms with Crippen LogP contribution in [0.15, 0.2) is 72.4 Å². The van der Waals surface area contributed by atoms with Gasteiger partial charge in [0.05, 0.1) is 18.9 Å². The Bertz CT molecular complexity index is 1110. The van der Waals surface area contributed by atoms with Crippen LogP contribution in [0.1, 0.15) is 36.1 Å². The van der Waals surface area contributed by atoms with Gasteiger partial charge in [-0.25, -0.2) is 0 Å². The lowest BCUT2D eigenvalue weighted by atomic mass is 10.0. The van der Waals surface area contributed by atoms with Crippen LogP contribution in [-0.4, -0.2) is 39.4 Å². The van der Waals surface area contributed by atoms with Gasteiger partial charge in [-0.2, -0.15) is 0 Å². The lowest BCUT2D eigenvalue weighted by Crippen LogP contribution is -2.33. The minimum Gasteiger partial charge on any atom is -0.497 e. The number of nitrogens with zero attached hydrogens (tertiary/aromatic N) is 3. The highest BCUT2D eigenvalue weighted by molar-refractivity contribution is 7.99. The van der Waals surface area contributed by atoms with Crippen molar-refractivity contribution in [3.05, 3.63) is 78.6 Å². The molecule has 1 aromatic heterocycles. The van der Waals surface area contributed by atoms with E-state index in [0.29, 0.717) is 28.8 Å². The summed E-state index contributed by atoms with van der Waals surface area (Å²) in [5, 5.41) is 15.2. The number of thioether (sulfide) groups is 1. The van der Waals surface area contributed by atoms with E-state index in [0.717, 1.165) is 5.75 Å². The summed E-state index contributed by atoms with van der Waals surface area (Å²) in [6.07, 6.45) is 1.74. The van der Waals surface area contributed by atoms with Crippen molar-refractivity contribution in [2.75, 3.05) is 18.2 Å². The number of hydrogen-bond acceptors (Lipinski definition) is 6. The van der Waals surface area contributed by atoms with Gasteiger partial charge in [0.25, 0.3) is 5.91 Å². The van der Waals surface area contributed by atoms with Gasteiger partial charge in [0.2, 0.25) is 5.91 Å². The van der Waals surface area contributed by atoms with Crippen LogP contribution in [0.5, 0.6) is 5.75 Å². The molecule has 0 saturated heterocycles. The van der Waals surface area contributed by atoms with E-state index in [9.17, 15) is 9.59 Å². The molecule has 1 atom stereocenters. The van der Waals surface area contributed by atoms with Crippen molar-refractivity contribution in [1.82, 2.24) is 20.1 Å². The van der Waals surface area contributed by atoms with Crippen LogP contribution in [0, 0.1) is 5.92 Å². The van der Waals surface area contributed by atoms with E-state index in [-0.39, 0.29) is 29.5 Å². The van der Waals surface area contributed by atoms with Gasteiger partial charge in [-0.3, -0.25) is 9.59 Å². The predicted octanol–water partition coefficient (Wildman–Crippen LogP) is 4.33. The van der Waals surface area contributed by atoms with Gasteiger partial charge in [0.1, 0.15) is 5.75 Å². The zero-order valence-electron chi connectivity index (χ0n) is 19.5. The molecule has 0 radical (unpaired) electrons. The SMILES string of the molecule is C=CCn1c(SCC(=O)Nc2ccc(OC)cc2)nnc1C(NC(=O)c1ccccc1)C(C)C. The molecule has 8 nitrogen and oxygen atoms in total. The molecule has 0 spiro atoms. The van der Waals surface area contributed by atoms with Crippen LogP contribution >= 0.6 is 11.8 Å².